The van der Waals surface area contributed by atoms with Gasteiger partial charge in [0.15, 0.2) is 0 Å². The maximum Gasteiger partial charge on any atom is 0.0236 e. The Bertz CT molecular complexity index is 268. The van der Waals surface area contributed by atoms with Crippen LogP contribution in [0.1, 0.15) is 31.7 Å². The minimum absolute atomic E-state index is 0.768. The van der Waals surface area contributed by atoms with Crippen molar-refractivity contribution in [2.75, 3.05) is 6.54 Å². The van der Waals surface area contributed by atoms with Crippen LogP contribution in [0.15, 0.2) is 30.3 Å². The van der Waals surface area contributed by atoms with Gasteiger partial charge in [0.25, 0.3) is 0 Å². The van der Waals surface area contributed by atoms with E-state index in [0.717, 1.165) is 12.6 Å². The summed E-state index contributed by atoms with van der Waals surface area (Å²) in [5, 5.41) is 0. The summed E-state index contributed by atoms with van der Waals surface area (Å²) in [5.74, 6) is 0. The van der Waals surface area contributed by atoms with Crippen LogP contribution in [0.4, 0.5) is 0 Å². The molecule has 0 saturated carbocycles. The topological polar surface area (TPSA) is 3.24 Å². The Kier molecular flexibility index (Phi) is 3.20. The van der Waals surface area contributed by atoms with E-state index in [1.807, 2.05) is 0 Å². The number of benzene rings is 1. The molecule has 0 amide bonds. The lowest BCUT2D eigenvalue weighted by Gasteiger charge is -2.33. The predicted molar refractivity (Wildman–Crippen MR) is 60.2 cm³/mol. The van der Waals surface area contributed by atoms with Gasteiger partial charge in [-0.3, -0.25) is 4.90 Å². The zero-order valence-corrected chi connectivity index (χ0v) is 8.95. The van der Waals surface area contributed by atoms with Gasteiger partial charge in [-0.1, -0.05) is 36.8 Å². The molecule has 1 nitrogen and oxygen atoms in total. The van der Waals surface area contributed by atoms with Gasteiger partial charge in [-0.15, -0.1) is 0 Å². The number of hydrogen-bond donors (Lipinski definition) is 0. The van der Waals surface area contributed by atoms with Crippen LogP contribution in [-0.2, 0) is 6.54 Å². The quantitative estimate of drug-likeness (QED) is 0.691. The first-order valence-electron chi connectivity index (χ1n) is 5.64. The third-order valence-electron chi connectivity index (χ3n) is 3.17. The van der Waals surface area contributed by atoms with Gasteiger partial charge < -0.3 is 0 Å². The van der Waals surface area contributed by atoms with Crippen molar-refractivity contribution in [2.24, 2.45) is 0 Å². The van der Waals surface area contributed by atoms with Crippen LogP contribution in [0.3, 0.4) is 0 Å². The molecule has 1 aliphatic rings. The van der Waals surface area contributed by atoms with Crippen molar-refractivity contribution >= 4 is 0 Å². The van der Waals surface area contributed by atoms with E-state index in [2.05, 4.69) is 42.2 Å². The zero-order chi connectivity index (χ0) is 9.80. The van der Waals surface area contributed by atoms with E-state index in [9.17, 15) is 0 Å². The van der Waals surface area contributed by atoms with E-state index < -0.39 is 0 Å². The first-order valence-corrected chi connectivity index (χ1v) is 5.64. The monoisotopic (exact) mass is 189 g/mol. The maximum absolute atomic E-state index is 2.60. The van der Waals surface area contributed by atoms with Gasteiger partial charge in [-0.25, -0.2) is 0 Å². The smallest absolute Gasteiger partial charge is 0.0236 e. The van der Waals surface area contributed by atoms with Crippen molar-refractivity contribution in [1.29, 1.82) is 0 Å². The third-order valence-corrected chi connectivity index (χ3v) is 3.17. The van der Waals surface area contributed by atoms with Gasteiger partial charge in [-0.05, 0) is 31.9 Å². The molecule has 1 aromatic rings. The average Bonchev–Trinajstić information content (AvgIpc) is 2.23. The summed E-state index contributed by atoms with van der Waals surface area (Å²) in [7, 11) is 0. The molecule has 76 valence electrons. The minimum Gasteiger partial charge on any atom is -0.296 e. The largest absolute Gasteiger partial charge is 0.296 e. The highest BCUT2D eigenvalue weighted by Gasteiger charge is 2.17. The SMILES string of the molecule is CC1CCCCN1Cc1ccccc1. The fourth-order valence-electron chi connectivity index (χ4n) is 2.21. The van der Waals surface area contributed by atoms with E-state index in [-0.39, 0.29) is 0 Å². The van der Waals surface area contributed by atoms with Gasteiger partial charge in [-0.2, -0.15) is 0 Å². The molecular formula is C13H19N. The van der Waals surface area contributed by atoms with Gasteiger partial charge in [0.2, 0.25) is 0 Å². The summed E-state index contributed by atoms with van der Waals surface area (Å²) < 4.78 is 0. The van der Waals surface area contributed by atoms with Crippen molar-refractivity contribution in [3.8, 4) is 0 Å². The Morgan fingerprint density at radius 1 is 1.21 bits per heavy atom. The van der Waals surface area contributed by atoms with Gasteiger partial charge in [0.1, 0.15) is 0 Å². The second kappa shape index (κ2) is 4.61. The first-order chi connectivity index (χ1) is 6.86. The van der Waals surface area contributed by atoms with Crippen LogP contribution in [0.2, 0.25) is 0 Å². The molecule has 1 aliphatic heterocycles. The molecule has 2 rings (SSSR count). The van der Waals surface area contributed by atoms with Crippen LogP contribution < -0.4 is 0 Å². The number of nitrogens with zero attached hydrogens (tertiary/aromatic N) is 1. The Morgan fingerprint density at radius 3 is 2.71 bits per heavy atom. The molecule has 1 atom stereocenters. The van der Waals surface area contributed by atoms with Crippen LogP contribution in [-0.4, -0.2) is 17.5 Å². The summed E-state index contributed by atoms with van der Waals surface area (Å²) in [4.78, 5) is 2.60. The highest BCUT2D eigenvalue weighted by atomic mass is 15.2. The number of hydrogen-bond acceptors (Lipinski definition) is 1. The number of rotatable bonds is 2. The lowest BCUT2D eigenvalue weighted by Crippen LogP contribution is -2.36. The number of likely N-dealkylation sites (tertiary alicyclic amines) is 1. The second-order valence-corrected chi connectivity index (χ2v) is 4.30. The van der Waals surface area contributed by atoms with Crippen molar-refractivity contribution in [3.05, 3.63) is 35.9 Å². The molecule has 0 radical (unpaired) electrons. The van der Waals surface area contributed by atoms with E-state index in [1.54, 1.807) is 0 Å². The van der Waals surface area contributed by atoms with Crippen molar-refractivity contribution < 1.29 is 0 Å². The molecule has 0 spiro atoms. The minimum atomic E-state index is 0.768. The van der Waals surface area contributed by atoms with E-state index in [4.69, 9.17) is 0 Å². The molecular weight excluding hydrogens is 170 g/mol. The van der Waals surface area contributed by atoms with Gasteiger partial charge in [0, 0.05) is 12.6 Å². The van der Waals surface area contributed by atoms with E-state index >= 15 is 0 Å². The molecule has 1 unspecified atom stereocenters. The molecule has 0 aliphatic carbocycles. The highest BCUT2D eigenvalue weighted by Crippen LogP contribution is 2.18. The van der Waals surface area contributed by atoms with Gasteiger partial charge >= 0.3 is 0 Å². The van der Waals surface area contributed by atoms with Crippen molar-refractivity contribution in [3.63, 3.8) is 0 Å². The van der Waals surface area contributed by atoms with Crippen LogP contribution in [0, 0.1) is 0 Å². The van der Waals surface area contributed by atoms with Crippen LogP contribution >= 0.6 is 0 Å². The Morgan fingerprint density at radius 2 is 2.00 bits per heavy atom. The zero-order valence-electron chi connectivity index (χ0n) is 8.95. The molecule has 0 aromatic heterocycles. The summed E-state index contributed by atoms with van der Waals surface area (Å²) in [6, 6.07) is 11.6. The maximum atomic E-state index is 2.60. The normalized spacial score (nSPS) is 23.6. The third kappa shape index (κ3) is 2.36. The molecule has 1 fully saturated rings. The average molecular weight is 189 g/mol. The van der Waals surface area contributed by atoms with E-state index in [1.165, 1.54) is 31.4 Å². The summed E-state index contributed by atoms with van der Waals surface area (Å²) >= 11 is 0. The Balaban J connectivity index is 1.96. The van der Waals surface area contributed by atoms with Gasteiger partial charge in [0.05, 0.1) is 0 Å². The predicted octanol–water partition coefficient (Wildman–Crippen LogP) is 3.06. The second-order valence-electron chi connectivity index (χ2n) is 4.30. The highest BCUT2D eigenvalue weighted by molar-refractivity contribution is 5.14. The summed E-state index contributed by atoms with van der Waals surface area (Å²) in [6.45, 7) is 4.75. The number of piperidine rings is 1. The Hall–Kier alpha value is -0.820. The molecule has 1 saturated heterocycles. The van der Waals surface area contributed by atoms with Crippen LogP contribution in [0.25, 0.3) is 0 Å². The van der Waals surface area contributed by atoms with Crippen LogP contribution in [0.5, 0.6) is 0 Å². The summed E-state index contributed by atoms with van der Waals surface area (Å²) in [6.07, 6.45) is 4.15. The van der Waals surface area contributed by atoms with Crippen molar-refractivity contribution in [2.45, 2.75) is 38.8 Å². The molecule has 0 bridgehead atoms. The lowest BCUT2D eigenvalue weighted by molar-refractivity contribution is 0.152. The lowest BCUT2D eigenvalue weighted by atomic mass is 10.0. The fraction of sp³-hybridized carbons (Fsp3) is 0.538. The molecule has 1 heteroatoms. The molecule has 0 N–H and O–H groups in total. The standard InChI is InChI=1S/C13H19N/c1-12-7-5-6-10-14(12)11-13-8-3-2-4-9-13/h2-4,8-9,12H,5-7,10-11H2,1H3. The molecule has 1 aromatic carbocycles. The fourth-order valence-corrected chi connectivity index (χ4v) is 2.21. The van der Waals surface area contributed by atoms with E-state index in [0.29, 0.717) is 0 Å². The summed E-state index contributed by atoms with van der Waals surface area (Å²) in [5.41, 5.74) is 1.45. The first kappa shape index (κ1) is 9.72. The molecule has 1 heterocycles. The molecule has 14 heavy (non-hydrogen) atoms. The Labute approximate surface area is 86.7 Å². The van der Waals surface area contributed by atoms with Crippen molar-refractivity contribution in [1.82, 2.24) is 4.90 Å².